The largest absolute Gasteiger partial charge is 0.493 e. The monoisotopic (exact) mass is 578 g/mol. The zero-order valence-electron chi connectivity index (χ0n) is 22.9. The average molecular weight is 579 g/mol. The number of hydrogen-bond donors (Lipinski definition) is 3. The Morgan fingerprint density at radius 1 is 1.26 bits per heavy atom. The quantitative estimate of drug-likeness (QED) is 0.365. The highest BCUT2D eigenvalue weighted by Gasteiger charge is 2.35. The fraction of sp³-hybridized carbons (Fsp3) is 0.571. The van der Waals surface area contributed by atoms with Crippen LogP contribution in [0, 0.1) is 11.3 Å². The number of fused-ring (bicyclic) bond motifs is 1. The third-order valence-corrected chi connectivity index (χ3v) is 10.5. The van der Waals surface area contributed by atoms with Crippen molar-refractivity contribution in [2.75, 3.05) is 37.1 Å². The number of ether oxygens (including phenoxy) is 2. The Hall–Kier alpha value is -2.63. The van der Waals surface area contributed by atoms with Crippen LogP contribution in [0.3, 0.4) is 0 Å². The van der Waals surface area contributed by atoms with Gasteiger partial charge in [-0.3, -0.25) is 9.59 Å². The second-order valence-electron chi connectivity index (χ2n) is 11.5. The molecule has 1 aromatic carbocycles. The van der Waals surface area contributed by atoms with Crippen molar-refractivity contribution >= 4 is 38.4 Å². The standard InChI is InChI=1S/C28H38N2O7S2/c1-28(2,3)18-6-7-21-24(12-18)38-27(25(21)26(33)30-19-9-10-39(34,35)16-19)29-13-20(32)15-37-22-8-5-17(14-31)11-23(22)36-4/h5,8,11,14,18-20,29,32H,6-7,9-10,12-13,15-16H2,1-4H3,(H,30,33). The summed E-state index contributed by atoms with van der Waals surface area (Å²) in [6.07, 6.45) is 2.89. The number of aldehydes is 1. The molecule has 0 bridgehead atoms. The molecule has 4 rings (SSSR count). The number of anilines is 1. The van der Waals surface area contributed by atoms with Crippen LogP contribution in [0.5, 0.6) is 11.5 Å². The summed E-state index contributed by atoms with van der Waals surface area (Å²) in [5, 5.41) is 17.5. The van der Waals surface area contributed by atoms with E-state index in [4.69, 9.17) is 9.47 Å². The zero-order chi connectivity index (χ0) is 28.4. The maximum absolute atomic E-state index is 13.5. The van der Waals surface area contributed by atoms with Gasteiger partial charge in [0, 0.05) is 23.0 Å². The maximum Gasteiger partial charge on any atom is 0.254 e. The molecular weight excluding hydrogens is 540 g/mol. The maximum atomic E-state index is 13.5. The van der Waals surface area contributed by atoms with E-state index in [2.05, 4.69) is 31.4 Å². The van der Waals surface area contributed by atoms with Crippen molar-refractivity contribution in [3.63, 3.8) is 0 Å². The number of thiophene rings is 1. The lowest BCUT2D eigenvalue weighted by Crippen LogP contribution is -2.36. The van der Waals surface area contributed by atoms with Gasteiger partial charge in [0.25, 0.3) is 5.91 Å². The molecule has 3 atom stereocenters. The van der Waals surface area contributed by atoms with Crippen LogP contribution >= 0.6 is 11.3 Å². The highest BCUT2D eigenvalue weighted by Crippen LogP contribution is 2.44. The highest BCUT2D eigenvalue weighted by molar-refractivity contribution is 7.91. The van der Waals surface area contributed by atoms with Gasteiger partial charge < -0.3 is 25.2 Å². The number of methoxy groups -OCH3 is 1. The lowest BCUT2D eigenvalue weighted by atomic mass is 9.72. The first-order chi connectivity index (χ1) is 18.4. The van der Waals surface area contributed by atoms with Gasteiger partial charge in [-0.2, -0.15) is 0 Å². The Bertz CT molecular complexity index is 1310. The third kappa shape index (κ3) is 7.12. The number of sulfone groups is 1. The van der Waals surface area contributed by atoms with Gasteiger partial charge in [0.1, 0.15) is 24.0 Å². The van der Waals surface area contributed by atoms with Gasteiger partial charge in [0.2, 0.25) is 0 Å². The number of aliphatic hydroxyl groups excluding tert-OH is 1. The molecule has 0 radical (unpaired) electrons. The Morgan fingerprint density at radius 2 is 2.03 bits per heavy atom. The summed E-state index contributed by atoms with van der Waals surface area (Å²) in [4.78, 5) is 25.6. The normalized spacial score (nSPS) is 21.1. The van der Waals surface area contributed by atoms with E-state index >= 15 is 0 Å². The predicted molar refractivity (Wildman–Crippen MR) is 152 cm³/mol. The first-order valence-corrected chi connectivity index (χ1v) is 15.9. The van der Waals surface area contributed by atoms with Crippen LogP contribution in [0.15, 0.2) is 18.2 Å². The molecule has 0 saturated carbocycles. The van der Waals surface area contributed by atoms with E-state index in [1.54, 1.807) is 18.2 Å². The molecule has 1 saturated heterocycles. The van der Waals surface area contributed by atoms with Gasteiger partial charge >= 0.3 is 0 Å². The molecule has 3 unspecified atom stereocenters. The summed E-state index contributed by atoms with van der Waals surface area (Å²) in [7, 11) is -1.64. The van der Waals surface area contributed by atoms with Crippen LogP contribution in [0.1, 0.15) is 64.8 Å². The summed E-state index contributed by atoms with van der Waals surface area (Å²) >= 11 is 1.54. The SMILES string of the molecule is COc1cc(C=O)ccc1OCC(O)CNc1sc2c(c1C(=O)NC1CCS(=O)(=O)C1)CCC(C(C)(C)C)C2. The number of benzene rings is 1. The van der Waals surface area contributed by atoms with Crippen LogP contribution in [-0.2, 0) is 22.7 Å². The van der Waals surface area contributed by atoms with Crippen molar-refractivity contribution < 1.29 is 32.6 Å². The molecule has 1 fully saturated rings. The zero-order valence-corrected chi connectivity index (χ0v) is 24.5. The number of aliphatic hydroxyl groups is 1. The minimum Gasteiger partial charge on any atom is -0.493 e. The van der Waals surface area contributed by atoms with Gasteiger partial charge in [0.15, 0.2) is 21.3 Å². The van der Waals surface area contributed by atoms with E-state index in [0.717, 1.165) is 31.1 Å². The van der Waals surface area contributed by atoms with Crippen molar-refractivity contribution in [1.82, 2.24) is 5.32 Å². The number of hydrogen-bond acceptors (Lipinski definition) is 9. The van der Waals surface area contributed by atoms with Gasteiger partial charge in [0.05, 0.1) is 24.2 Å². The van der Waals surface area contributed by atoms with Crippen LogP contribution in [0.25, 0.3) is 0 Å². The Labute approximate surface area is 234 Å². The molecule has 1 amide bonds. The number of nitrogens with one attached hydrogen (secondary N) is 2. The molecular formula is C28H38N2O7S2. The summed E-state index contributed by atoms with van der Waals surface area (Å²) in [5.74, 6) is 1.09. The summed E-state index contributed by atoms with van der Waals surface area (Å²) in [5.41, 5.74) is 2.18. The Morgan fingerprint density at radius 3 is 2.67 bits per heavy atom. The first kappa shape index (κ1) is 29.4. The number of carbonyl (C=O) groups excluding carboxylic acids is 2. The minimum absolute atomic E-state index is 0.0254. The second-order valence-corrected chi connectivity index (χ2v) is 14.8. The number of amides is 1. The molecule has 1 aliphatic heterocycles. The van der Waals surface area contributed by atoms with Gasteiger partial charge in [-0.05, 0) is 60.8 Å². The molecule has 1 aromatic heterocycles. The molecule has 214 valence electrons. The fourth-order valence-electron chi connectivity index (χ4n) is 5.19. The topological polar surface area (TPSA) is 131 Å². The summed E-state index contributed by atoms with van der Waals surface area (Å²) in [6, 6.07) is 4.40. The second kappa shape index (κ2) is 11.9. The van der Waals surface area contributed by atoms with Crippen LogP contribution in [0.2, 0.25) is 0 Å². The van der Waals surface area contributed by atoms with Crippen molar-refractivity contribution in [3.05, 3.63) is 39.8 Å². The molecule has 11 heteroatoms. The van der Waals surface area contributed by atoms with Crippen LogP contribution < -0.4 is 20.1 Å². The highest BCUT2D eigenvalue weighted by atomic mass is 32.2. The van der Waals surface area contributed by atoms with Crippen molar-refractivity contribution in [2.45, 2.75) is 58.6 Å². The van der Waals surface area contributed by atoms with E-state index in [9.17, 15) is 23.1 Å². The van der Waals surface area contributed by atoms with Gasteiger partial charge in [-0.15, -0.1) is 11.3 Å². The molecule has 2 heterocycles. The van der Waals surface area contributed by atoms with E-state index in [1.165, 1.54) is 23.3 Å². The smallest absolute Gasteiger partial charge is 0.254 e. The lowest BCUT2D eigenvalue weighted by molar-refractivity contribution is 0.0939. The first-order valence-electron chi connectivity index (χ1n) is 13.2. The number of carbonyl (C=O) groups is 2. The van der Waals surface area contributed by atoms with Crippen molar-refractivity contribution in [3.8, 4) is 11.5 Å². The Kier molecular flexibility index (Phi) is 8.92. The molecule has 2 aliphatic rings. The van der Waals surface area contributed by atoms with Crippen molar-refractivity contribution in [2.24, 2.45) is 11.3 Å². The molecule has 3 N–H and O–H groups in total. The molecule has 0 spiro atoms. The van der Waals surface area contributed by atoms with E-state index < -0.39 is 22.0 Å². The van der Waals surface area contributed by atoms with Crippen LogP contribution in [0.4, 0.5) is 5.00 Å². The van der Waals surface area contributed by atoms with Gasteiger partial charge in [-0.25, -0.2) is 8.42 Å². The predicted octanol–water partition coefficient (Wildman–Crippen LogP) is 3.49. The van der Waals surface area contributed by atoms with E-state index in [0.29, 0.717) is 40.0 Å². The lowest BCUT2D eigenvalue weighted by Gasteiger charge is -2.33. The van der Waals surface area contributed by atoms with Crippen LogP contribution in [-0.4, -0.2) is 69.6 Å². The number of rotatable bonds is 10. The Balaban J connectivity index is 1.47. The summed E-state index contributed by atoms with van der Waals surface area (Å²) in [6.45, 7) is 6.83. The molecule has 1 aliphatic carbocycles. The molecule has 9 nitrogen and oxygen atoms in total. The summed E-state index contributed by atoms with van der Waals surface area (Å²) < 4.78 is 34.9. The van der Waals surface area contributed by atoms with Crippen molar-refractivity contribution in [1.29, 1.82) is 0 Å². The third-order valence-electron chi connectivity index (χ3n) is 7.54. The van der Waals surface area contributed by atoms with E-state index in [-0.39, 0.29) is 36.0 Å². The van der Waals surface area contributed by atoms with Gasteiger partial charge in [-0.1, -0.05) is 20.8 Å². The molecule has 2 aromatic rings. The molecule has 39 heavy (non-hydrogen) atoms. The van der Waals surface area contributed by atoms with E-state index in [1.807, 2.05) is 0 Å². The fourth-order valence-corrected chi connectivity index (χ4v) is 8.19. The average Bonchev–Trinajstić information content (AvgIpc) is 3.43. The minimum atomic E-state index is -3.12.